The number of aromatic nitrogens is 1. The average Bonchev–Trinajstić information content (AvgIpc) is 2.44. The number of hydrogen-bond donors (Lipinski definition) is 2. The summed E-state index contributed by atoms with van der Waals surface area (Å²) in [5.74, 6) is -0.873. The molecule has 5 heteroatoms. The van der Waals surface area contributed by atoms with E-state index in [1.165, 1.54) is 18.2 Å². The van der Waals surface area contributed by atoms with Gasteiger partial charge in [0.25, 0.3) is 0 Å². The maximum absolute atomic E-state index is 13.1. The predicted molar refractivity (Wildman–Crippen MR) is 72.4 cm³/mol. The minimum atomic E-state index is -0.877. The number of nitrogens with zero attached hydrogens (tertiary/aromatic N) is 1. The Labute approximate surface area is 115 Å². The molecule has 0 saturated heterocycles. The zero-order valence-corrected chi connectivity index (χ0v) is 10.9. The van der Waals surface area contributed by atoms with Gasteiger partial charge in [-0.2, -0.15) is 0 Å². The van der Waals surface area contributed by atoms with E-state index < -0.39 is 11.9 Å². The first-order valence-corrected chi connectivity index (χ1v) is 6.25. The molecule has 0 aliphatic carbocycles. The number of hydrogen-bond acceptors (Lipinski definition) is 3. The van der Waals surface area contributed by atoms with Crippen molar-refractivity contribution in [3.63, 3.8) is 0 Å². The summed E-state index contributed by atoms with van der Waals surface area (Å²) in [6, 6.07) is 9.55. The van der Waals surface area contributed by atoms with Crippen LogP contribution in [0.5, 0.6) is 0 Å². The SMILES string of the molecule is NCC(c1ccccn1)C(O)c1ccc(F)c(Cl)c1. The van der Waals surface area contributed by atoms with Crippen LogP contribution in [0.2, 0.25) is 5.02 Å². The fourth-order valence-electron chi connectivity index (χ4n) is 1.94. The highest BCUT2D eigenvalue weighted by Crippen LogP contribution is 2.30. The lowest BCUT2D eigenvalue weighted by Gasteiger charge is -2.21. The van der Waals surface area contributed by atoms with Crippen LogP contribution in [0, 0.1) is 5.82 Å². The van der Waals surface area contributed by atoms with Crippen LogP contribution in [0.15, 0.2) is 42.6 Å². The van der Waals surface area contributed by atoms with Crippen LogP contribution >= 0.6 is 11.6 Å². The molecule has 2 rings (SSSR count). The Morgan fingerprint density at radius 2 is 2.11 bits per heavy atom. The molecule has 0 fully saturated rings. The topological polar surface area (TPSA) is 59.1 Å². The first-order chi connectivity index (χ1) is 9.13. The molecule has 2 aromatic rings. The normalized spacial score (nSPS) is 14.1. The highest BCUT2D eigenvalue weighted by molar-refractivity contribution is 6.30. The number of aliphatic hydroxyl groups is 1. The molecule has 19 heavy (non-hydrogen) atoms. The second-order valence-corrected chi connectivity index (χ2v) is 4.62. The monoisotopic (exact) mass is 280 g/mol. The molecule has 0 spiro atoms. The summed E-state index contributed by atoms with van der Waals surface area (Å²) < 4.78 is 13.1. The van der Waals surface area contributed by atoms with Crippen molar-refractivity contribution >= 4 is 11.6 Å². The molecule has 0 aliphatic rings. The van der Waals surface area contributed by atoms with Crippen molar-refractivity contribution < 1.29 is 9.50 Å². The van der Waals surface area contributed by atoms with Crippen LogP contribution in [-0.4, -0.2) is 16.6 Å². The number of nitrogens with two attached hydrogens (primary N) is 1. The zero-order chi connectivity index (χ0) is 13.8. The molecule has 2 unspecified atom stereocenters. The zero-order valence-electron chi connectivity index (χ0n) is 10.1. The lowest BCUT2D eigenvalue weighted by molar-refractivity contribution is 0.145. The number of pyridine rings is 1. The van der Waals surface area contributed by atoms with Gasteiger partial charge in [0.05, 0.1) is 11.1 Å². The van der Waals surface area contributed by atoms with Gasteiger partial charge in [0.2, 0.25) is 0 Å². The van der Waals surface area contributed by atoms with Crippen molar-refractivity contribution in [2.45, 2.75) is 12.0 Å². The van der Waals surface area contributed by atoms with Gasteiger partial charge in [-0.15, -0.1) is 0 Å². The van der Waals surface area contributed by atoms with Crippen molar-refractivity contribution in [1.82, 2.24) is 4.98 Å². The molecule has 1 aromatic heterocycles. The molecule has 1 aromatic carbocycles. The first kappa shape index (κ1) is 13.9. The Morgan fingerprint density at radius 3 is 2.68 bits per heavy atom. The van der Waals surface area contributed by atoms with E-state index in [1.54, 1.807) is 18.3 Å². The van der Waals surface area contributed by atoms with E-state index in [-0.39, 0.29) is 17.5 Å². The third-order valence-corrected chi connectivity index (χ3v) is 3.28. The molecule has 0 radical (unpaired) electrons. The maximum atomic E-state index is 13.1. The highest BCUT2D eigenvalue weighted by atomic mass is 35.5. The van der Waals surface area contributed by atoms with Gasteiger partial charge in [0.15, 0.2) is 0 Å². The molecule has 0 bridgehead atoms. The Morgan fingerprint density at radius 1 is 1.32 bits per heavy atom. The van der Waals surface area contributed by atoms with Gasteiger partial charge in [-0.25, -0.2) is 4.39 Å². The van der Waals surface area contributed by atoms with Gasteiger partial charge in [-0.1, -0.05) is 23.7 Å². The molecule has 3 N–H and O–H groups in total. The summed E-state index contributed by atoms with van der Waals surface area (Å²) in [7, 11) is 0. The number of halogens is 2. The average molecular weight is 281 g/mol. The Kier molecular flexibility index (Phi) is 4.47. The molecule has 1 heterocycles. The predicted octanol–water partition coefficient (Wildman–Crippen LogP) is 2.65. The van der Waals surface area contributed by atoms with E-state index in [2.05, 4.69) is 4.98 Å². The number of aliphatic hydroxyl groups excluding tert-OH is 1. The standard InChI is InChI=1S/C14H14ClFN2O/c15-11-7-9(4-5-12(11)16)14(19)10(8-17)13-3-1-2-6-18-13/h1-7,10,14,19H,8,17H2. The van der Waals surface area contributed by atoms with Crippen LogP contribution in [-0.2, 0) is 0 Å². The number of rotatable bonds is 4. The summed E-state index contributed by atoms with van der Waals surface area (Å²) >= 11 is 5.72. The summed E-state index contributed by atoms with van der Waals surface area (Å²) in [6.45, 7) is 0.229. The quantitative estimate of drug-likeness (QED) is 0.905. The van der Waals surface area contributed by atoms with Crippen molar-refractivity contribution in [2.75, 3.05) is 6.54 Å². The third kappa shape index (κ3) is 3.10. The van der Waals surface area contributed by atoms with E-state index in [0.717, 1.165) is 0 Å². The van der Waals surface area contributed by atoms with E-state index in [1.807, 2.05) is 6.07 Å². The van der Waals surface area contributed by atoms with Crippen molar-refractivity contribution in [3.8, 4) is 0 Å². The fraction of sp³-hybridized carbons (Fsp3) is 0.214. The van der Waals surface area contributed by atoms with E-state index in [4.69, 9.17) is 17.3 Å². The first-order valence-electron chi connectivity index (χ1n) is 5.87. The van der Waals surface area contributed by atoms with Crippen LogP contribution < -0.4 is 5.73 Å². The minimum Gasteiger partial charge on any atom is -0.388 e. The van der Waals surface area contributed by atoms with Gasteiger partial charge in [0.1, 0.15) is 5.82 Å². The third-order valence-electron chi connectivity index (χ3n) is 2.99. The smallest absolute Gasteiger partial charge is 0.141 e. The van der Waals surface area contributed by atoms with E-state index in [0.29, 0.717) is 11.3 Å². The van der Waals surface area contributed by atoms with E-state index in [9.17, 15) is 9.50 Å². The van der Waals surface area contributed by atoms with E-state index >= 15 is 0 Å². The summed E-state index contributed by atoms with van der Waals surface area (Å²) in [4.78, 5) is 4.19. The van der Waals surface area contributed by atoms with Crippen LogP contribution in [0.1, 0.15) is 23.3 Å². The lowest BCUT2D eigenvalue weighted by atomic mass is 9.92. The second kappa shape index (κ2) is 6.10. The van der Waals surface area contributed by atoms with Crippen molar-refractivity contribution in [1.29, 1.82) is 0 Å². The van der Waals surface area contributed by atoms with Crippen LogP contribution in [0.3, 0.4) is 0 Å². The molecular formula is C14H14ClFN2O. The fourth-order valence-corrected chi connectivity index (χ4v) is 2.12. The second-order valence-electron chi connectivity index (χ2n) is 4.22. The summed E-state index contributed by atoms with van der Waals surface area (Å²) in [5.41, 5.74) is 6.92. The van der Waals surface area contributed by atoms with Gasteiger partial charge < -0.3 is 10.8 Å². The number of benzene rings is 1. The molecule has 0 saturated carbocycles. The van der Waals surface area contributed by atoms with Gasteiger partial charge in [-0.3, -0.25) is 4.98 Å². The van der Waals surface area contributed by atoms with Crippen molar-refractivity contribution in [3.05, 3.63) is 64.7 Å². The maximum Gasteiger partial charge on any atom is 0.141 e. The van der Waals surface area contributed by atoms with Gasteiger partial charge >= 0.3 is 0 Å². The van der Waals surface area contributed by atoms with Gasteiger partial charge in [0, 0.05) is 24.4 Å². The molecule has 100 valence electrons. The largest absolute Gasteiger partial charge is 0.388 e. The Hall–Kier alpha value is -1.49. The van der Waals surface area contributed by atoms with Gasteiger partial charge in [-0.05, 0) is 29.8 Å². The molecule has 3 nitrogen and oxygen atoms in total. The lowest BCUT2D eigenvalue weighted by Crippen LogP contribution is -2.21. The van der Waals surface area contributed by atoms with Crippen LogP contribution in [0.25, 0.3) is 0 Å². The Balaban J connectivity index is 2.30. The summed E-state index contributed by atoms with van der Waals surface area (Å²) in [6.07, 6.45) is 0.764. The molecule has 2 atom stereocenters. The minimum absolute atomic E-state index is 0.0201. The Bertz CT molecular complexity index is 550. The van der Waals surface area contributed by atoms with Crippen LogP contribution in [0.4, 0.5) is 4.39 Å². The molecular weight excluding hydrogens is 267 g/mol. The van der Waals surface area contributed by atoms with Crippen molar-refractivity contribution in [2.24, 2.45) is 5.73 Å². The summed E-state index contributed by atoms with van der Waals surface area (Å²) in [5, 5.41) is 10.3. The molecule has 0 aliphatic heterocycles. The highest BCUT2D eigenvalue weighted by Gasteiger charge is 2.23. The molecule has 0 amide bonds.